The van der Waals surface area contributed by atoms with Crippen molar-refractivity contribution in [2.24, 2.45) is 10.9 Å². The van der Waals surface area contributed by atoms with Crippen molar-refractivity contribution in [3.8, 4) is 36.4 Å². The van der Waals surface area contributed by atoms with Gasteiger partial charge in [-0.2, -0.15) is 31.6 Å². The molecular weight excluding hydrogens is 430 g/mol. The highest BCUT2D eigenvalue weighted by molar-refractivity contribution is 6.11. The van der Waals surface area contributed by atoms with E-state index in [-0.39, 0.29) is 56.2 Å². The molecule has 0 aliphatic heterocycles. The topological polar surface area (TPSA) is 207 Å². The highest BCUT2D eigenvalue weighted by Crippen LogP contribution is 2.35. The van der Waals surface area contributed by atoms with Gasteiger partial charge in [-0.1, -0.05) is 6.08 Å². The van der Waals surface area contributed by atoms with Crippen LogP contribution in [0.15, 0.2) is 17.6 Å². The number of allylic oxidation sites excluding steroid dienone is 1. The zero-order valence-corrected chi connectivity index (χ0v) is 18.3. The van der Waals surface area contributed by atoms with Gasteiger partial charge in [0, 0.05) is 5.56 Å². The molecule has 2 heterocycles. The van der Waals surface area contributed by atoms with Crippen LogP contribution in [0.3, 0.4) is 0 Å². The maximum absolute atomic E-state index is 9.43. The normalized spacial score (nSPS) is 10.8. The van der Waals surface area contributed by atoms with Crippen molar-refractivity contribution in [1.82, 2.24) is 19.9 Å². The van der Waals surface area contributed by atoms with Crippen LogP contribution < -0.4 is 0 Å². The fourth-order valence-electron chi connectivity index (χ4n) is 2.77. The summed E-state index contributed by atoms with van der Waals surface area (Å²) in [6, 6.07) is 10.9. The molecule has 0 amide bonds. The number of rotatable bonds is 2. The predicted molar refractivity (Wildman–Crippen MR) is 120 cm³/mol. The number of aromatic nitrogens is 4. The van der Waals surface area contributed by atoms with Crippen LogP contribution in [0.5, 0.6) is 0 Å². The molecule has 3 rings (SSSR count). The molecule has 160 valence electrons. The third-order valence-corrected chi connectivity index (χ3v) is 4.32. The molecule has 0 aliphatic carbocycles. The van der Waals surface area contributed by atoms with Gasteiger partial charge in [-0.25, -0.2) is 24.9 Å². The van der Waals surface area contributed by atoms with Gasteiger partial charge in [-0.05, 0) is 20.8 Å². The Morgan fingerprint density at radius 2 is 1.18 bits per heavy atom. The van der Waals surface area contributed by atoms with E-state index in [1.54, 1.807) is 37.3 Å². The Labute approximate surface area is 194 Å². The molecule has 2 aromatic heterocycles. The largest absolute Gasteiger partial charge is 0.238 e. The Kier molecular flexibility index (Phi) is 7.59. The summed E-state index contributed by atoms with van der Waals surface area (Å²) in [7, 11) is 0. The Hall–Kier alpha value is -5.75. The van der Waals surface area contributed by atoms with Crippen LogP contribution in [0.25, 0.3) is 22.1 Å². The number of hydrogen-bond acceptors (Lipinski definition) is 11. The summed E-state index contributed by atoms with van der Waals surface area (Å²) in [5, 5.41) is 55.9. The van der Waals surface area contributed by atoms with E-state index in [9.17, 15) is 26.3 Å². The summed E-state index contributed by atoms with van der Waals surface area (Å²) in [5.74, 6) is -0.835. The van der Waals surface area contributed by atoms with Gasteiger partial charge in [0.2, 0.25) is 0 Å². The quantitative estimate of drug-likeness (QED) is 0.320. The van der Waals surface area contributed by atoms with Crippen LogP contribution in [0.4, 0.5) is 5.69 Å². The maximum Gasteiger partial charge on any atom is 0.177 e. The lowest BCUT2D eigenvalue weighted by Crippen LogP contribution is -2.07. The van der Waals surface area contributed by atoms with Crippen LogP contribution in [0.1, 0.15) is 42.2 Å². The Balaban J connectivity index is 0.00000129. The molecule has 0 aliphatic rings. The minimum Gasteiger partial charge on any atom is -0.238 e. The average Bonchev–Trinajstić information content (AvgIpc) is 2.87. The fraction of sp³-hybridized carbons (Fsp3) is 0.174. The van der Waals surface area contributed by atoms with E-state index in [1.807, 2.05) is 19.1 Å². The Bertz CT molecular complexity index is 1620. The highest BCUT2D eigenvalue weighted by atomic mass is 14.9. The first-order valence-corrected chi connectivity index (χ1v) is 9.47. The van der Waals surface area contributed by atoms with E-state index in [0.29, 0.717) is 5.56 Å². The number of nitrogens with zero attached hydrogens (tertiary/aromatic N) is 11. The van der Waals surface area contributed by atoms with Gasteiger partial charge in [0.05, 0.1) is 23.2 Å². The van der Waals surface area contributed by atoms with E-state index in [0.717, 1.165) is 0 Å². The number of aryl methyl sites for hydroxylation is 1. The second-order valence-electron chi connectivity index (χ2n) is 6.52. The molecule has 11 nitrogen and oxygen atoms in total. The molecule has 34 heavy (non-hydrogen) atoms. The third kappa shape index (κ3) is 4.32. The number of fused-ring (bicyclic) bond motifs is 3. The minimum absolute atomic E-state index is 0.0188. The molecule has 1 aromatic carbocycles. The SMILES string of the molecule is C=CC.Cc1c(N=C(C#N)C(C)C#N)c2nc(C#N)c(C#N)nc2c2nc(C#N)c(C#N)nc12. The van der Waals surface area contributed by atoms with Crippen molar-refractivity contribution in [2.45, 2.75) is 20.8 Å². The number of benzene rings is 1. The summed E-state index contributed by atoms with van der Waals surface area (Å²) >= 11 is 0. The molecule has 0 radical (unpaired) electrons. The average molecular weight is 443 g/mol. The number of hydrogen-bond donors (Lipinski definition) is 0. The Morgan fingerprint density at radius 3 is 1.56 bits per heavy atom. The van der Waals surface area contributed by atoms with Gasteiger partial charge >= 0.3 is 0 Å². The van der Waals surface area contributed by atoms with Crippen molar-refractivity contribution in [1.29, 1.82) is 31.6 Å². The van der Waals surface area contributed by atoms with Crippen LogP contribution in [0, 0.1) is 80.8 Å². The Morgan fingerprint density at radius 1 is 0.794 bits per heavy atom. The molecule has 0 saturated carbocycles. The second-order valence-corrected chi connectivity index (χ2v) is 6.52. The minimum atomic E-state index is -0.835. The van der Waals surface area contributed by atoms with Gasteiger partial charge in [0.1, 0.15) is 52.6 Å². The number of aliphatic imine (C=N–C) groups is 1. The summed E-state index contributed by atoms with van der Waals surface area (Å²) in [5.41, 5.74) is -0.370. The molecule has 0 fully saturated rings. The van der Waals surface area contributed by atoms with Crippen molar-refractivity contribution < 1.29 is 0 Å². The van der Waals surface area contributed by atoms with Gasteiger partial charge in [0.25, 0.3) is 0 Å². The van der Waals surface area contributed by atoms with Crippen molar-refractivity contribution in [2.75, 3.05) is 0 Å². The second kappa shape index (κ2) is 10.5. The lowest BCUT2D eigenvalue weighted by atomic mass is 10.1. The third-order valence-electron chi connectivity index (χ3n) is 4.32. The molecule has 0 saturated heterocycles. The van der Waals surface area contributed by atoms with Crippen molar-refractivity contribution >= 4 is 33.5 Å². The van der Waals surface area contributed by atoms with Crippen LogP contribution in [-0.4, -0.2) is 25.6 Å². The van der Waals surface area contributed by atoms with Gasteiger partial charge in [-0.3, -0.25) is 0 Å². The van der Waals surface area contributed by atoms with Crippen molar-refractivity contribution in [3.05, 3.63) is 41.0 Å². The van der Waals surface area contributed by atoms with Gasteiger partial charge < -0.3 is 0 Å². The maximum atomic E-state index is 9.43. The van der Waals surface area contributed by atoms with E-state index in [1.165, 1.54) is 6.92 Å². The smallest absolute Gasteiger partial charge is 0.177 e. The van der Waals surface area contributed by atoms with Crippen LogP contribution in [0.2, 0.25) is 0 Å². The molecule has 11 heteroatoms. The van der Waals surface area contributed by atoms with Gasteiger partial charge in [0.15, 0.2) is 22.8 Å². The molecule has 0 bridgehead atoms. The van der Waals surface area contributed by atoms with E-state index < -0.39 is 5.92 Å². The monoisotopic (exact) mass is 443 g/mol. The first-order chi connectivity index (χ1) is 16.3. The molecular formula is C23H13N11. The first kappa shape index (κ1) is 24.5. The van der Waals surface area contributed by atoms with E-state index in [2.05, 4.69) is 31.5 Å². The zero-order chi connectivity index (χ0) is 25.4. The van der Waals surface area contributed by atoms with Crippen molar-refractivity contribution in [3.63, 3.8) is 0 Å². The highest BCUT2D eigenvalue weighted by Gasteiger charge is 2.22. The van der Waals surface area contributed by atoms with Crippen LogP contribution >= 0.6 is 0 Å². The summed E-state index contributed by atoms with van der Waals surface area (Å²) < 4.78 is 0. The summed E-state index contributed by atoms with van der Waals surface area (Å²) in [6.07, 6.45) is 1.75. The molecule has 1 atom stereocenters. The number of nitriles is 6. The molecule has 0 spiro atoms. The fourth-order valence-corrected chi connectivity index (χ4v) is 2.77. The van der Waals surface area contributed by atoms with Crippen LogP contribution in [-0.2, 0) is 0 Å². The first-order valence-electron chi connectivity index (χ1n) is 9.47. The molecule has 1 unspecified atom stereocenters. The van der Waals surface area contributed by atoms with E-state index >= 15 is 0 Å². The standard InChI is InChI=1S/C20H7N11.C3H6/c1-9(3-21)11(4-22)27-16-10(2)17-19(29-13(6-24)12(5-23)28-17)20-18(16)30-14(7-25)15(8-26)31-20;1-3-2/h9H,1-2H3;3H,1H2,2H3. The predicted octanol–water partition coefficient (Wildman–Crippen LogP) is 3.32. The lowest BCUT2D eigenvalue weighted by molar-refractivity contribution is 1.02. The summed E-state index contributed by atoms with van der Waals surface area (Å²) in [6.45, 7) is 8.33. The molecule has 0 N–H and O–H groups in total. The van der Waals surface area contributed by atoms with E-state index in [4.69, 9.17) is 5.26 Å². The zero-order valence-electron chi connectivity index (χ0n) is 18.3. The molecule has 3 aromatic rings. The van der Waals surface area contributed by atoms with Gasteiger partial charge in [-0.15, -0.1) is 6.58 Å². The summed E-state index contributed by atoms with van der Waals surface area (Å²) in [4.78, 5) is 21.0. The lowest BCUT2D eigenvalue weighted by Gasteiger charge is -2.11.